The second-order valence-corrected chi connectivity index (χ2v) is 7.71. The standard InChI is InChI=1S/C20H25N3O/c1-23-18-8-4-7-16(15(18)13-21-23)22-17-12-20(10-5-11-20)24-19-9-3-2-6-14(17)19/h2-3,6,9,13,16-17,22H,4-5,7-8,10-12H2,1H3/t16-,17+/m0/s1. The molecule has 4 heteroatoms. The number of rotatable bonds is 2. The van der Waals surface area contributed by atoms with Crippen molar-refractivity contribution >= 4 is 0 Å². The lowest BCUT2D eigenvalue weighted by atomic mass is 9.72. The van der Waals surface area contributed by atoms with Crippen molar-refractivity contribution in [3.63, 3.8) is 0 Å². The number of hydrogen-bond donors (Lipinski definition) is 1. The summed E-state index contributed by atoms with van der Waals surface area (Å²) in [5.74, 6) is 1.09. The highest BCUT2D eigenvalue weighted by molar-refractivity contribution is 5.40. The largest absolute Gasteiger partial charge is 0.487 e. The van der Waals surface area contributed by atoms with E-state index in [0.717, 1.165) is 18.6 Å². The van der Waals surface area contributed by atoms with Crippen LogP contribution in [0.1, 0.15) is 67.4 Å². The zero-order chi connectivity index (χ0) is 16.1. The molecule has 1 spiro atoms. The van der Waals surface area contributed by atoms with Gasteiger partial charge in [0.2, 0.25) is 0 Å². The Balaban J connectivity index is 1.46. The van der Waals surface area contributed by atoms with Crippen molar-refractivity contribution in [1.82, 2.24) is 15.1 Å². The van der Waals surface area contributed by atoms with Crippen LogP contribution in [0.15, 0.2) is 30.5 Å². The number of hydrogen-bond acceptors (Lipinski definition) is 3. The summed E-state index contributed by atoms with van der Waals surface area (Å²) in [7, 11) is 2.06. The van der Waals surface area contributed by atoms with Crippen molar-refractivity contribution in [2.45, 2.75) is 62.6 Å². The van der Waals surface area contributed by atoms with Gasteiger partial charge in [0.05, 0.1) is 6.20 Å². The molecule has 1 N–H and O–H groups in total. The highest BCUT2D eigenvalue weighted by Gasteiger charge is 2.46. The molecule has 1 aliphatic heterocycles. The van der Waals surface area contributed by atoms with E-state index < -0.39 is 0 Å². The Morgan fingerprint density at radius 1 is 1.17 bits per heavy atom. The lowest BCUT2D eigenvalue weighted by Gasteiger charge is -2.48. The van der Waals surface area contributed by atoms with Crippen LogP contribution in [0.3, 0.4) is 0 Å². The molecule has 2 atom stereocenters. The first-order valence-corrected chi connectivity index (χ1v) is 9.29. The van der Waals surface area contributed by atoms with Gasteiger partial charge in [-0.05, 0) is 44.6 Å². The monoisotopic (exact) mass is 323 g/mol. The minimum absolute atomic E-state index is 0.0818. The van der Waals surface area contributed by atoms with Crippen molar-refractivity contribution in [2.75, 3.05) is 0 Å². The summed E-state index contributed by atoms with van der Waals surface area (Å²) in [6.45, 7) is 0. The third kappa shape index (κ3) is 2.20. The normalized spacial score (nSPS) is 27.0. The Morgan fingerprint density at radius 2 is 2.04 bits per heavy atom. The van der Waals surface area contributed by atoms with Crippen LogP contribution in [0.4, 0.5) is 0 Å². The molecule has 2 aliphatic carbocycles. The molecule has 24 heavy (non-hydrogen) atoms. The van der Waals surface area contributed by atoms with Gasteiger partial charge in [0, 0.05) is 42.4 Å². The van der Waals surface area contributed by atoms with Crippen molar-refractivity contribution in [3.8, 4) is 5.75 Å². The molecule has 4 nitrogen and oxygen atoms in total. The number of benzene rings is 1. The van der Waals surface area contributed by atoms with Gasteiger partial charge in [0.1, 0.15) is 11.4 Å². The number of aromatic nitrogens is 2. The summed E-state index contributed by atoms with van der Waals surface area (Å²) >= 11 is 0. The summed E-state index contributed by atoms with van der Waals surface area (Å²) in [6.07, 6.45) is 10.4. The van der Waals surface area contributed by atoms with Crippen LogP contribution in [-0.4, -0.2) is 15.4 Å². The fraction of sp³-hybridized carbons (Fsp3) is 0.550. The summed E-state index contributed by atoms with van der Waals surface area (Å²) in [4.78, 5) is 0. The molecule has 126 valence electrons. The molecule has 2 heterocycles. The SMILES string of the molecule is Cn1ncc2c1CCC[C@@H]2N[C@@H]1CC2(CCC2)Oc2ccccc21. The van der Waals surface area contributed by atoms with Gasteiger partial charge >= 0.3 is 0 Å². The fourth-order valence-corrected chi connectivity index (χ4v) is 4.77. The predicted molar refractivity (Wildman–Crippen MR) is 93.0 cm³/mol. The maximum absolute atomic E-state index is 6.39. The first-order valence-electron chi connectivity index (χ1n) is 9.29. The third-order valence-corrected chi connectivity index (χ3v) is 6.24. The minimum atomic E-state index is 0.0818. The number of aryl methyl sites for hydroxylation is 1. The topological polar surface area (TPSA) is 39.1 Å². The second kappa shape index (κ2) is 5.35. The van der Waals surface area contributed by atoms with Gasteiger partial charge in [-0.15, -0.1) is 0 Å². The average Bonchev–Trinajstić information content (AvgIpc) is 2.96. The van der Waals surface area contributed by atoms with E-state index >= 15 is 0 Å². The number of para-hydroxylation sites is 1. The van der Waals surface area contributed by atoms with Gasteiger partial charge in [-0.25, -0.2) is 0 Å². The molecule has 0 unspecified atom stereocenters. The molecule has 3 aliphatic rings. The molecule has 0 saturated heterocycles. The Bertz CT molecular complexity index is 762. The Hall–Kier alpha value is -1.81. The van der Waals surface area contributed by atoms with Gasteiger partial charge < -0.3 is 10.1 Å². The maximum atomic E-state index is 6.39. The van der Waals surface area contributed by atoms with E-state index in [1.54, 1.807) is 0 Å². The lowest BCUT2D eigenvalue weighted by Crippen LogP contribution is -2.49. The molecule has 1 aromatic heterocycles. The van der Waals surface area contributed by atoms with Gasteiger partial charge in [-0.2, -0.15) is 5.10 Å². The molecule has 0 amide bonds. The first-order chi connectivity index (χ1) is 11.7. The third-order valence-electron chi connectivity index (χ3n) is 6.24. The molecule has 1 fully saturated rings. The Morgan fingerprint density at radius 3 is 2.88 bits per heavy atom. The molecule has 0 radical (unpaired) electrons. The second-order valence-electron chi connectivity index (χ2n) is 7.71. The smallest absolute Gasteiger partial charge is 0.124 e. The van der Waals surface area contributed by atoms with Gasteiger partial charge in [0.15, 0.2) is 0 Å². The van der Waals surface area contributed by atoms with E-state index in [2.05, 4.69) is 52.6 Å². The maximum Gasteiger partial charge on any atom is 0.124 e. The van der Waals surface area contributed by atoms with E-state index in [0.29, 0.717) is 12.1 Å². The van der Waals surface area contributed by atoms with Crippen LogP contribution in [0.25, 0.3) is 0 Å². The van der Waals surface area contributed by atoms with E-state index in [-0.39, 0.29) is 5.60 Å². The zero-order valence-corrected chi connectivity index (χ0v) is 14.3. The quantitative estimate of drug-likeness (QED) is 0.913. The molecule has 2 aromatic rings. The molecule has 5 rings (SSSR count). The van der Waals surface area contributed by atoms with E-state index in [9.17, 15) is 0 Å². The highest BCUT2D eigenvalue weighted by atomic mass is 16.5. The summed E-state index contributed by atoms with van der Waals surface area (Å²) in [5.41, 5.74) is 4.21. The minimum Gasteiger partial charge on any atom is -0.487 e. The molecule has 1 saturated carbocycles. The van der Waals surface area contributed by atoms with Crippen LogP contribution in [0.2, 0.25) is 0 Å². The van der Waals surface area contributed by atoms with Crippen LogP contribution >= 0.6 is 0 Å². The molecule has 0 bridgehead atoms. The lowest BCUT2D eigenvalue weighted by molar-refractivity contribution is -0.0382. The van der Waals surface area contributed by atoms with Gasteiger partial charge in [-0.1, -0.05) is 18.2 Å². The van der Waals surface area contributed by atoms with Crippen LogP contribution in [0, 0.1) is 0 Å². The molecular formula is C20H25N3O. The van der Waals surface area contributed by atoms with E-state index in [1.165, 1.54) is 48.9 Å². The summed E-state index contributed by atoms with van der Waals surface area (Å²) in [5, 5.41) is 8.47. The zero-order valence-electron chi connectivity index (χ0n) is 14.3. The van der Waals surface area contributed by atoms with Crippen molar-refractivity contribution in [3.05, 3.63) is 47.3 Å². The van der Waals surface area contributed by atoms with Crippen molar-refractivity contribution in [1.29, 1.82) is 0 Å². The van der Waals surface area contributed by atoms with E-state index in [4.69, 9.17) is 4.74 Å². The predicted octanol–water partition coefficient (Wildman–Crippen LogP) is 3.83. The molecular weight excluding hydrogens is 298 g/mol. The number of nitrogens with zero attached hydrogens (tertiary/aromatic N) is 2. The van der Waals surface area contributed by atoms with Crippen LogP contribution in [0.5, 0.6) is 5.75 Å². The van der Waals surface area contributed by atoms with Gasteiger partial charge in [-0.3, -0.25) is 4.68 Å². The Labute approximate surface area is 143 Å². The first kappa shape index (κ1) is 14.5. The van der Waals surface area contributed by atoms with Crippen molar-refractivity contribution < 1.29 is 4.74 Å². The molecule has 1 aromatic carbocycles. The highest BCUT2D eigenvalue weighted by Crippen LogP contribution is 2.49. The Kier molecular flexibility index (Phi) is 3.24. The van der Waals surface area contributed by atoms with Crippen molar-refractivity contribution in [2.24, 2.45) is 7.05 Å². The number of fused-ring (bicyclic) bond motifs is 2. The van der Waals surface area contributed by atoms with Gasteiger partial charge in [0.25, 0.3) is 0 Å². The number of ether oxygens (including phenoxy) is 1. The fourth-order valence-electron chi connectivity index (χ4n) is 4.77. The summed E-state index contributed by atoms with van der Waals surface area (Å²) in [6, 6.07) is 9.38. The average molecular weight is 323 g/mol. The van der Waals surface area contributed by atoms with Crippen LogP contribution in [-0.2, 0) is 13.5 Å². The van der Waals surface area contributed by atoms with Crippen LogP contribution < -0.4 is 10.1 Å². The summed E-state index contributed by atoms with van der Waals surface area (Å²) < 4.78 is 8.44. The van der Waals surface area contributed by atoms with E-state index in [1.807, 2.05) is 0 Å². The number of nitrogens with one attached hydrogen (secondary N) is 1.